The molecular formula is C16H23N5O2S. The Labute approximate surface area is 142 Å². The standard InChI is InChI=1S/C16H23N5O2S/c1-14-12-19-20(13-14)11-8-18-16-15(6-5-7-17-16)24(22,23)21-9-3-2-4-10-21/h5-7,12-13H,2-4,8-11H2,1H3,(H,17,18). The van der Waals surface area contributed by atoms with E-state index in [1.165, 1.54) is 0 Å². The summed E-state index contributed by atoms with van der Waals surface area (Å²) in [6.45, 7) is 4.36. The highest BCUT2D eigenvalue weighted by Crippen LogP contribution is 2.25. The maximum atomic E-state index is 12.9. The summed E-state index contributed by atoms with van der Waals surface area (Å²) in [6.07, 6.45) is 8.28. The van der Waals surface area contributed by atoms with Crippen molar-refractivity contribution in [2.75, 3.05) is 25.0 Å². The molecule has 7 nitrogen and oxygen atoms in total. The van der Waals surface area contributed by atoms with Crippen molar-refractivity contribution >= 4 is 15.8 Å². The van der Waals surface area contributed by atoms with Crippen molar-refractivity contribution in [1.82, 2.24) is 19.1 Å². The van der Waals surface area contributed by atoms with Gasteiger partial charge in [-0.3, -0.25) is 4.68 Å². The molecule has 0 radical (unpaired) electrons. The molecule has 1 aliphatic heterocycles. The molecule has 1 aliphatic rings. The van der Waals surface area contributed by atoms with E-state index in [0.29, 0.717) is 32.0 Å². The molecule has 0 saturated carbocycles. The van der Waals surface area contributed by atoms with Gasteiger partial charge in [0.1, 0.15) is 10.7 Å². The van der Waals surface area contributed by atoms with Crippen molar-refractivity contribution in [2.45, 2.75) is 37.6 Å². The first-order valence-corrected chi connectivity index (χ1v) is 9.69. The molecule has 3 rings (SSSR count). The van der Waals surface area contributed by atoms with Crippen molar-refractivity contribution < 1.29 is 8.42 Å². The Hall–Kier alpha value is -1.93. The zero-order valence-electron chi connectivity index (χ0n) is 13.9. The average Bonchev–Trinajstić information content (AvgIpc) is 3.01. The molecule has 2 aromatic heterocycles. The highest BCUT2D eigenvalue weighted by molar-refractivity contribution is 7.89. The number of piperidine rings is 1. The second kappa shape index (κ2) is 7.31. The van der Waals surface area contributed by atoms with E-state index < -0.39 is 10.0 Å². The van der Waals surface area contributed by atoms with Crippen LogP contribution in [0.15, 0.2) is 35.6 Å². The Morgan fingerprint density at radius 1 is 1.25 bits per heavy atom. The molecule has 1 saturated heterocycles. The zero-order valence-corrected chi connectivity index (χ0v) is 14.7. The monoisotopic (exact) mass is 349 g/mol. The van der Waals surface area contributed by atoms with Crippen LogP contribution in [0.25, 0.3) is 0 Å². The van der Waals surface area contributed by atoms with Crippen LogP contribution in [0.5, 0.6) is 0 Å². The topological polar surface area (TPSA) is 80.1 Å². The van der Waals surface area contributed by atoms with E-state index in [2.05, 4.69) is 15.4 Å². The molecule has 0 bridgehead atoms. The van der Waals surface area contributed by atoms with Crippen LogP contribution in [-0.2, 0) is 16.6 Å². The Bertz CT molecular complexity index is 781. The zero-order chi connectivity index (χ0) is 17.0. The molecule has 2 aromatic rings. The normalized spacial score (nSPS) is 16.2. The Balaban J connectivity index is 1.72. The van der Waals surface area contributed by atoms with Gasteiger partial charge in [0.15, 0.2) is 0 Å². The van der Waals surface area contributed by atoms with Crippen LogP contribution in [0.2, 0.25) is 0 Å². The third-order valence-electron chi connectivity index (χ3n) is 4.10. The third kappa shape index (κ3) is 3.76. The maximum absolute atomic E-state index is 12.9. The number of aromatic nitrogens is 3. The summed E-state index contributed by atoms with van der Waals surface area (Å²) in [5, 5.41) is 7.36. The minimum atomic E-state index is -3.50. The van der Waals surface area contributed by atoms with Crippen LogP contribution < -0.4 is 5.32 Å². The summed E-state index contributed by atoms with van der Waals surface area (Å²) in [6, 6.07) is 3.29. The van der Waals surface area contributed by atoms with Crippen LogP contribution >= 0.6 is 0 Å². The molecule has 0 spiro atoms. The molecule has 24 heavy (non-hydrogen) atoms. The maximum Gasteiger partial charge on any atom is 0.246 e. The Morgan fingerprint density at radius 2 is 2.04 bits per heavy atom. The largest absolute Gasteiger partial charge is 0.367 e. The van der Waals surface area contributed by atoms with Gasteiger partial charge in [-0.15, -0.1) is 0 Å². The molecule has 0 aliphatic carbocycles. The minimum absolute atomic E-state index is 0.253. The summed E-state index contributed by atoms with van der Waals surface area (Å²) >= 11 is 0. The van der Waals surface area contributed by atoms with E-state index in [1.807, 2.05) is 17.8 Å². The van der Waals surface area contributed by atoms with Gasteiger partial charge in [0.05, 0.1) is 12.7 Å². The molecule has 0 aromatic carbocycles. The minimum Gasteiger partial charge on any atom is -0.367 e. The van der Waals surface area contributed by atoms with E-state index in [9.17, 15) is 8.42 Å². The lowest BCUT2D eigenvalue weighted by Gasteiger charge is -2.26. The fourth-order valence-electron chi connectivity index (χ4n) is 2.85. The van der Waals surface area contributed by atoms with E-state index in [-0.39, 0.29) is 4.90 Å². The number of nitrogens with zero attached hydrogens (tertiary/aromatic N) is 4. The van der Waals surface area contributed by atoms with E-state index in [1.54, 1.807) is 28.8 Å². The number of rotatable bonds is 6. The third-order valence-corrected chi connectivity index (χ3v) is 6.03. The summed E-state index contributed by atoms with van der Waals surface area (Å²) in [5.74, 6) is 0.409. The average molecular weight is 349 g/mol. The molecule has 0 amide bonds. The van der Waals surface area contributed by atoms with Crippen LogP contribution in [0, 0.1) is 6.92 Å². The number of sulfonamides is 1. The van der Waals surface area contributed by atoms with Crippen LogP contribution in [0.1, 0.15) is 24.8 Å². The Kier molecular flexibility index (Phi) is 5.15. The van der Waals surface area contributed by atoms with E-state index in [4.69, 9.17) is 0 Å². The van der Waals surface area contributed by atoms with Crippen LogP contribution in [0.4, 0.5) is 5.82 Å². The van der Waals surface area contributed by atoms with Gasteiger partial charge in [0.2, 0.25) is 10.0 Å². The van der Waals surface area contributed by atoms with E-state index in [0.717, 1.165) is 24.8 Å². The number of hydrogen-bond acceptors (Lipinski definition) is 5. The predicted molar refractivity (Wildman–Crippen MR) is 92.3 cm³/mol. The molecule has 1 fully saturated rings. The molecule has 130 valence electrons. The fraction of sp³-hybridized carbons (Fsp3) is 0.500. The lowest BCUT2D eigenvalue weighted by atomic mass is 10.2. The summed E-state index contributed by atoms with van der Waals surface area (Å²) in [5.41, 5.74) is 1.10. The van der Waals surface area contributed by atoms with Gasteiger partial charge in [-0.25, -0.2) is 13.4 Å². The van der Waals surface area contributed by atoms with Gasteiger partial charge >= 0.3 is 0 Å². The number of anilines is 1. The molecule has 1 N–H and O–H groups in total. The van der Waals surface area contributed by atoms with Crippen molar-refractivity contribution in [1.29, 1.82) is 0 Å². The van der Waals surface area contributed by atoms with Crippen molar-refractivity contribution in [2.24, 2.45) is 0 Å². The van der Waals surface area contributed by atoms with Crippen molar-refractivity contribution in [3.8, 4) is 0 Å². The summed E-state index contributed by atoms with van der Waals surface area (Å²) in [7, 11) is -3.50. The lowest BCUT2D eigenvalue weighted by Crippen LogP contribution is -2.36. The summed E-state index contributed by atoms with van der Waals surface area (Å²) < 4.78 is 29.1. The first-order valence-electron chi connectivity index (χ1n) is 8.25. The summed E-state index contributed by atoms with van der Waals surface area (Å²) in [4.78, 5) is 4.48. The Morgan fingerprint density at radius 3 is 2.75 bits per heavy atom. The highest BCUT2D eigenvalue weighted by Gasteiger charge is 2.28. The van der Waals surface area contributed by atoms with Gasteiger partial charge < -0.3 is 5.32 Å². The second-order valence-electron chi connectivity index (χ2n) is 6.02. The van der Waals surface area contributed by atoms with Crippen molar-refractivity contribution in [3.63, 3.8) is 0 Å². The number of nitrogens with one attached hydrogen (secondary N) is 1. The first-order chi connectivity index (χ1) is 11.6. The molecule has 0 atom stereocenters. The predicted octanol–water partition coefficient (Wildman–Crippen LogP) is 1.87. The molecule has 3 heterocycles. The number of aryl methyl sites for hydroxylation is 1. The molecular weight excluding hydrogens is 326 g/mol. The van der Waals surface area contributed by atoms with Crippen LogP contribution in [-0.4, -0.2) is 47.1 Å². The number of hydrogen-bond donors (Lipinski definition) is 1. The fourth-order valence-corrected chi connectivity index (χ4v) is 4.49. The van der Waals surface area contributed by atoms with Gasteiger partial charge in [-0.05, 0) is 37.5 Å². The van der Waals surface area contributed by atoms with Gasteiger partial charge in [-0.2, -0.15) is 9.40 Å². The highest BCUT2D eigenvalue weighted by atomic mass is 32.2. The van der Waals surface area contributed by atoms with Crippen LogP contribution in [0.3, 0.4) is 0 Å². The second-order valence-corrected chi connectivity index (χ2v) is 7.93. The molecule has 0 unspecified atom stereocenters. The lowest BCUT2D eigenvalue weighted by molar-refractivity contribution is 0.346. The first kappa shape index (κ1) is 16.9. The number of pyridine rings is 1. The quantitative estimate of drug-likeness (QED) is 0.861. The van der Waals surface area contributed by atoms with Gasteiger partial charge in [0, 0.05) is 32.0 Å². The van der Waals surface area contributed by atoms with Gasteiger partial charge in [-0.1, -0.05) is 6.42 Å². The van der Waals surface area contributed by atoms with Gasteiger partial charge in [0.25, 0.3) is 0 Å². The molecule has 8 heteroatoms. The van der Waals surface area contributed by atoms with E-state index >= 15 is 0 Å². The van der Waals surface area contributed by atoms with Crippen molar-refractivity contribution in [3.05, 3.63) is 36.3 Å². The SMILES string of the molecule is Cc1cnn(CCNc2ncccc2S(=O)(=O)N2CCCCC2)c1. The smallest absolute Gasteiger partial charge is 0.246 e.